The number of aryl methyl sites for hydroxylation is 1. The smallest absolute Gasteiger partial charge is 0.256 e. The number of aromatic nitrogens is 2. The molecule has 19 heavy (non-hydrogen) atoms. The Labute approximate surface area is 110 Å². The summed E-state index contributed by atoms with van der Waals surface area (Å²) in [5.41, 5.74) is 7.42. The number of rotatable bonds is 2. The quantitative estimate of drug-likeness (QED) is 0.872. The molecule has 0 spiro atoms. The molecule has 0 unspecified atom stereocenters. The topological polar surface area (TPSA) is 71.8 Å². The van der Waals surface area contributed by atoms with Crippen molar-refractivity contribution in [3.05, 3.63) is 45.5 Å². The number of nitrogen functional groups attached to an aromatic ring is 1. The van der Waals surface area contributed by atoms with Crippen molar-refractivity contribution in [1.82, 2.24) is 9.97 Å². The lowest BCUT2D eigenvalue weighted by atomic mass is 10.0. The van der Waals surface area contributed by atoms with Crippen LogP contribution in [-0.2, 0) is 0 Å². The van der Waals surface area contributed by atoms with Gasteiger partial charge in [0.2, 0.25) is 0 Å². The van der Waals surface area contributed by atoms with Crippen molar-refractivity contribution in [3.63, 3.8) is 0 Å². The van der Waals surface area contributed by atoms with Crippen LogP contribution in [0.2, 0.25) is 0 Å². The summed E-state index contributed by atoms with van der Waals surface area (Å²) in [5.74, 6) is 0.261. The first-order valence-corrected chi connectivity index (χ1v) is 6.06. The summed E-state index contributed by atoms with van der Waals surface area (Å²) in [4.78, 5) is 18.9. The molecule has 1 aromatic carbocycles. The highest BCUT2D eigenvalue weighted by Crippen LogP contribution is 2.22. The lowest BCUT2D eigenvalue weighted by Crippen LogP contribution is -2.19. The first-order chi connectivity index (χ1) is 8.90. The molecule has 0 fully saturated rings. The Bertz CT molecular complexity index is 677. The number of anilines is 1. The molecule has 2 aromatic rings. The number of hydrogen-bond acceptors (Lipinski definition) is 3. The van der Waals surface area contributed by atoms with Crippen LogP contribution in [0.15, 0.2) is 23.0 Å². The standard InChI is InChI=1S/C14H16FN3O/c1-7(2)11-12(16)17-13(18-14(11)19)10-5-4-9(15)6-8(10)3/h4-7H,1-3H3,(H3,16,17,18,19). The van der Waals surface area contributed by atoms with E-state index in [-0.39, 0.29) is 23.1 Å². The summed E-state index contributed by atoms with van der Waals surface area (Å²) in [6.07, 6.45) is 0. The van der Waals surface area contributed by atoms with E-state index >= 15 is 0 Å². The van der Waals surface area contributed by atoms with Gasteiger partial charge in [-0.1, -0.05) is 13.8 Å². The molecule has 2 rings (SSSR count). The second-order valence-corrected chi connectivity index (χ2v) is 4.83. The van der Waals surface area contributed by atoms with Crippen molar-refractivity contribution in [1.29, 1.82) is 0 Å². The zero-order valence-corrected chi connectivity index (χ0v) is 11.1. The fourth-order valence-corrected chi connectivity index (χ4v) is 2.08. The molecule has 5 heteroatoms. The van der Waals surface area contributed by atoms with Gasteiger partial charge in [-0.25, -0.2) is 9.37 Å². The number of nitrogens with two attached hydrogens (primary N) is 1. The molecular formula is C14H16FN3O. The molecule has 0 aliphatic heterocycles. The maximum Gasteiger partial charge on any atom is 0.256 e. The van der Waals surface area contributed by atoms with Gasteiger partial charge in [0, 0.05) is 5.56 Å². The van der Waals surface area contributed by atoms with E-state index in [9.17, 15) is 9.18 Å². The lowest BCUT2D eigenvalue weighted by Gasteiger charge is -2.10. The molecule has 4 nitrogen and oxygen atoms in total. The SMILES string of the molecule is Cc1cc(F)ccc1-c1nc(N)c(C(C)C)c(=O)[nH]1. The number of nitrogens with zero attached hydrogens (tertiary/aromatic N) is 1. The molecule has 1 heterocycles. The zero-order valence-electron chi connectivity index (χ0n) is 11.1. The monoisotopic (exact) mass is 261 g/mol. The molecule has 0 radical (unpaired) electrons. The Hall–Kier alpha value is -2.17. The van der Waals surface area contributed by atoms with E-state index in [2.05, 4.69) is 9.97 Å². The lowest BCUT2D eigenvalue weighted by molar-refractivity contribution is 0.627. The third kappa shape index (κ3) is 2.50. The Morgan fingerprint density at radius 1 is 1.37 bits per heavy atom. The summed E-state index contributed by atoms with van der Waals surface area (Å²) in [6.45, 7) is 5.52. The molecule has 0 aliphatic rings. The van der Waals surface area contributed by atoms with E-state index in [4.69, 9.17) is 5.73 Å². The highest BCUT2D eigenvalue weighted by Gasteiger charge is 2.14. The number of halogens is 1. The highest BCUT2D eigenvalue weighted by atomic mass is 19.1. The Morgan fingerprint density at radius 2 is 2.05 bits per heavy atom. The van der Waals surface area contributed by atoms with Crippen LogP contribution < -0.4 is 11.3 Å². The van der Waals surface area contributed by atoms with Crippen LogP contribution in [0.25, 0.3) is 11.4 Å². The third-order valence-corrected chi connectivity index (χ3v) is 3.01. The van der Waals surface area contributed by atoms with Crippen LogP contribution in [-0.4, -0.2) is 9.97 Å². The molecular weight excluding hydrogens is 245 g/mol. The maximum atomic E-state index is 13.1. The second-order valence-electron chi connectivity index (χ2n) is 4.83. The van der Waals surface area contributed by atoms with Gasteiger partial charge in [-0.2, -0.15) is 0 Å². The minimum absolute atomic E-state index is 0.000357. The van der Waals surface area contributed by atoms with Gasteiger partial charge in [0.25, 0.3) is 5.56 Å². The molecule has 0 saturated carbocycles. The molecule has 0 amide bonds. The Balaban J connectivity index is 2.62. The molecule has 3 N–H and O–H groups in total. The van der Waals surface area contributed by atoms with Gasteiger partial charge in [0.05, 0.1) is 5.56 Å². The van der Waals surface area contributed by atoms with Gasteiger partial charge in [-0.3, -0.25) is 4.79 Å². The average Bonchev–Trinajstić information content (AvgIpc) is 2.26. The summed E-state index contributed by atoms with van der Waals surface area (Å²) in [5, 5.41) is 0. The van der Waals surface area contributed by atoms with E-state index in [1.165, 1.54) is 12.1 Å². The Kier molecular flexibility index (Phi) is 3.38. The van der Waals surface area contributed by atoms with Crippen LogP contribution in [0, 0.1) is 12.7 Å². The number of nitrogens with one attached hydrogen (secondary N) is 1. The first-order valence-electron chi connectivity index (χ1n) is 6.06. The van der Waals surface area contributed by atoms with Gasteiger partial charge in [0.15, 0.2) is 0 Å². The van der Waals surface area contributed by atoms with E-state index in [1.54, 1.807) is 13.0 Å². The van der Waals surface area contributed by atoms with Gasteiger partial charge < -0.3 is 10.7 Å². The predicted octanol–water partition coefficient (Wildman–Crippen LogP) is 2.59. The van der Waals surface area contributed by atoms with E-state index in [0.717, 1.165) is 0 Å². The highest BCUT2D eigenvalue weighted by molar-refractivity contribution is 5.61. The van der Waals surface area contributed by atoms with Gasteiger partial charge in [-0.05, 0) is 36.6 Å². The van der Waals surface area contributed by atoms with Crippen LogP contribution in [0.5, 0.6) is 0 Å². The van der Waals surface area contributed by atoms with Crippen molar-refractivity contribution >= 4 is 5.82 Å². The number of aromatic amines is 1. The molecule has 0 saturated heterocycles. The fraction of sp³-hybridized carbons (Fsp3) is 0.286. The summed E-state index contributed by atoms with van der Waals surface area (Å²) in [7, 11) is 0. The van der Waals surface area contributed by atoms with Crippen LogP contribution in [0.4, 0.5) is 10.2 Å². The third-order valence-electron chi connectivity index (χ3n) is 3.01. The van der Waals surface area contributed by atoms with Crippen molar-refractivity contribution in [3.8, 4) is 11.4 Å². The van der Waals surface area contributed by atoms with Crippen LogP contribution in [0.1, 0.15) is 30.9 Å². The van der Waals surface area contributed by atoms with Crippen molar-refractivity contribution in [2.75, 3.05) is 5.73 Å². The molecule has 0 atom stereocenters. The zero-order chi connectivity index (χ0) is 14.2. The summed E-state index contributed by atoms with van der Waals surface area (Å²) in [6, 6.07) is 4.30. The molecule has 1 aromatic heterocycles. The largest absolute Gasteiger partial charge is 0.383 e. The van der Waals surface area contributed by atoms with Crippen molar-refractivity contribution < 1.29 is 4.39 Å². The molecule has 100 valence electrons. The van der Waals surface area contributed by atoms with Crippen molar-refractivity contribution in [2.24, 2.45) is 0 Å². The minimum atomic E-state index is -0.324. The number of hydrogen-bond donors (Lipinski definition) is 2. The fourth-order valence-electron chi connectivity index (χ4n) is 2.08. The minimum Gasteiger partial charge on any atom is -0.383 e. The van der Waals surface area contributed by atoms with Gasteiger partial charge in [0.1, 0.15) is 17.5 Å². The van der Waals surface area contributed by atoms with Crippen LogP contribution in [0.3, 0.4) is 0 Å². The molecule has 0 bridgehead atoms. The second kappa shape index (κ2) is 4.84. The normalized spacial score (nSPS) is 11.0. The predicted molar refractivity (Wildman–Crippen MR) is 73.5 cm³/mol. The first kappa shape index (κ1) is 13.3. The van der Waals surface area contributed by atoms with E-state index in [0.29, 0.717) is 22.5 Å². The number of benzene rings is 1. The van der Waals surface area contributed by atoms with E-state index in [1.807, 2.05) is 13.8 Å². The maximum absolute atomic E-state index is 13.1. The average molecular weight is 261 g/mol. The molecule has 0 aliphatic carbocycles. The summed E-state index contributed by atoms with van der Waals surface area (Å²) < 4.78 is 13.1. The Morgan fingerprint density at radius 3 is 2.58 bits per heavy atom. The van der Waals surface area contributed by atoms with Crippen LogP contribution >= 0.6 is 0 Å². The van der Waals surface area contributed by atoms with Gasteiger partial charge in [-0.15, -0.1) is 0 Å². The van der Waals surface area contributed by atoms with Crippen molar-refractivity contribution in [2.45, 2.75) is 26.7 Å². The van der Waals surface area contributed by atoms with E-state index < -0.39 is 0 Å². The number of H-pyrrole nitrogens is 1. The summed E-state index contributed by atoms with van der Waals surface area (Å²) >= 11 is 0. The van der Waals surface area contributed by atoms with Gasteiger partial charge >= 0.3 is 0 Å².